The summed E-state index contributed by atoms with van der Waals surface area (Å²) in [5, 5.41) is 0. The van der Waals surface area contributed by atoms with Gasteiger partial charge in [-0.2, -0.15) is 4.72 Å². The van der Waals surface area contributed by atoms with E-state index in [0.29, 0.717) is 0 Å². The third kappa shape index (κ3) is 3.19. The molecule has 0 fully saturated rings. The number of sulfonamides is 1. The molecular formula is C11H13FN2O2S. The van der Waals surface area contributed by atoms with Gasteiger partial charge in [-0.1, -0.05) is 5.92 Å². The van der Waals surface area contributed by atoms with Gasteiger partial charge in [0.15, 0.2) is 0 Å². The molecule has 92 valence electrons. The SMILES string of the molecule is C#CC(C)(C)NS(=O)(=O)c1ccc(F)cc1N. The van der Waals surface area contributed by atoms with Gasteiger partial charge in [-0.15, -0.1) is 6.42 Å². The molecule has 3 N–H and O–H groups in total. The van der Waals surface area contributed by atoms with Gasteiger partial charge in [-0.05, 0) is 32.0 Å². The number of terminal acetylenes is 1. The van der Waals surface area contributed by atoms with Crippen molar-refractivity contribution >= 4 is 15.7 Å². The molecular weight excluding hydrogens is 243 g/mol. The highest BCUT2D eigenvalue weighted by Gasteiger charge is 2.25. The van der Waals surface area contributed by atoms with Crippen molar-refractivity contribution in [1.29, 1.82) is 0 Å². The summed E-state index contributed by atoms with van der Waals surface area (Å²) in [6.07, 6.45) is 5.19. The zero-order valence-corrected chi connectivity index (χ0v) is 10.3. The van der Waals surface area contributed by atoms with E-state index >= 15 is 0 Å². The standard InChI is InChI=1S/C11H13FN2O2S/c1-4-11(2,3)14-17(15,16)10-6-5-8(12)7-9(10)13/h1,5-7,14H,13H2,2-3H3. The molecule has 4 nitrogen and oxygen atoms in total. The average molecular weight is 256 g/mol. The smallest absolute Gasteiger partial charge is 0.243 e. The molecule has 1 aromatic rings. The van der Waals surface area contributed by atoms with Gasteiger partial charge in [0.05, 0.1) is 11.2 Å². The lowest BCUT2D eigenvalue weighted by Crippen LogP contribution is -2.42. The maximum absolute atomic E-state index is 12.8. The summed E-state index contributed by atoms with van der Waals surface area (Å²) in [6.45, 7) is 3.06. The molecule has 0 aliphatic carbocycles. The van der Waals surface area contributed by atoms with Crippen LogP contribution in [0.3, 0.4) is 0 Å². The Kier molecular flexibility index (Phi) is 3.45. The van der Waals surface area contributed by atoms with Gasteiger partial charge >= 0.3 is 0 Å². The number of benzene rings is 1. The van der Waals surface area contributed by atoms with E-state index < -0.39 is 21.4 Å². The van der Waals surface area contributed by atoms with Crippen LogP contribution in [0.15, 0.2) is 23.1 Å². The predicted octanol–water partition coefficient (Wildman–Crippen LogP) is 1.10. The largest absolute Gasteiger partial charge is 0.398 e. The number of rotatable bonds is 3. The van der Waals surface area contributed by atoms with Crippen LogP contribution in [-0.2, 0) is 10.0 Å². The monoisotopic (exact) mass is 256 g/mol. The van der Waals surface area contributed by atoms with E-state index in [9.17, 15) is 12.8 Å². The molecule has 1 aromatic carbocycles. The van der Waals surface area contributed by atoms with Crippen LogP contribution in [0.2, 0.25) is 0 Å². The first kappa shape index (κ1) is 13.5. The summed E-state index contributed by atoms with van der Waals surface area (Å²) >= 11 is 0. The minimum absolute atomic E-state index is 0.162. The molecule has 0 aliphatic rings. The van der Waals surface area contributed by atoms with E-state index in [1.807, 2.05) is 0 Å². The molecule has 0 spiro atoms. The van der Waals surface area contributed by atoms with Crippen molar-refractivity contribution in [3.05, 3.63) is 24.0 Å². The molecule has 0 saturated heterocycles. The molecule has 17 heavy (non-hydrogen) atoms. The minimum atomic E-state index is -3.86. The third-order valence-electron chi connectivity index (χ3n) is 2.01. The zero-order chi connectivity index (χ0) is 13.3. The maximum Gasteiger partial charge on any atom is 0.243 e. The number of hydrogen-bond acceptors (Lipinski definition) is 3. The quantitative estimate of drug-likeness (QED) is 0.628. The molecule has 0 aromatic heterocycles. The van der Waals surface area contributed by atoms with Gasteiger partial charge in [0.1, 0.15) is 10.7 Å². The van der Waals surface area contributed by atoms with Crippen molar-refractivity contribution in [2.45, 2.75) is 24.3 Å². The van der Waals surface area contributed by atoms with E-state index in [4.69, 9.17) is 12.2 Å². The fourth-order valence-electron chi connectivity index (χ4n) is 1.18. The molecule has 0 bridgehead atoms. The molecule has 0 unspecified atom stereocenters. The first-order valence-corrected chi connectivity index (χ1v) is 6.23. The van der Waals surface area contributed by atoms with Crippen LogP contribution in [0.5, 0.6) is 0 Å². The second-order valence-electron chi connectivity index (χ2n) is 4.06. The molecule has 1 rings (SSSR count). The number of nitrogens with two attached hydrogens (primary N) is 1. The van der Waals surface area contributed by atoms with Crippen molar-refractivity contribution in [1.82, 2.24) is 4.72 Å². The van der Waals surface area contributed by atoms with Crippen molar-refractivity contribution in [3.8, 4) is 12.3 Å². The van der Waals surface area contributed by atoms with Crippen molar-refractivity contribution in [2.24, 2.45) is 0 Å². The van der Waals surface area contributed by atoms with Crippen LogP contribution < -0.4 is 10.5 Å². The first-order chi connectivity index (χ1) is 7.68. The third-order valence-corrected chi connectivity index (χ3v) is 3.74. The zero-order valence-electron chi connectivity index (χ0n) is 9.49. The van der Waals surface area contributed by atoms with Crippen LogP contribution in [0.1, 0.15) is 13.8 Å². The van der Waals surface area contributed by atoms with Crippen molar-refractivity contribution in [3.63, 3.8) is 0 Å². The van der Waals surface area contributed by atoms with Gasteiger partial charge in [0.25, 0.3) is 0 Å². The highest BCUT2D eigenvalue weighted by molar-refractivity contribution is 7.89. The van der Waals surface area contributed by atoms with Crippen LogP contribution in [0.4, 0.5) is 10.1 Å². The second kappa shape index (κ2) is 4.35. The Morgan fingerprint density at radius 3 is 2.53 bits per heavy atom. The number of hydrogen-bond donors (Lipinski definition) is 2. The maximum atomic E-state index is 12.8. The Morgan fingerprint density at radius 2 is 2.06 bits per heavy atom. The Hall–Kier alpha value is -1.58. The summed E-state index contributed by atoms with van der Waals surface area (Å²) in [6, 6.07) is 3.06. The number of anilines is 1. The average Bonchev–Trinajstić information content (AvgIpc) is 2.15. The summed E-state index contributed by atoms with van der Waals surface area (Å²) in [5.74, 6) is 1.69. The van der Waals surface area contributed by atoms with Gasteiger partial charge in [-0.25, -0.2) is 12.8 Å². The fraction of sp³-hybridized carbons (Fsp3) is 0.273. The van der Waals surface area contributed by atoms with Gasteiger partial charge in [-0.3, -0.25) is 0 Å². The Bertz CT molecular complexity index is 574. The van der Waals surface area contributed by atoms with Crippen LogP contribution in [0.25, 0.3) is 0 Å². The topological polar surface area (TPSA) is 72.2 Å². The molecule has 0 saturated carbocycles. The van der Waals surface area contributed by atoms with E-state index in [-0.39, 0.29) is 10.6 Å². The molecule has 0 heterocycles. The normalized spacial score (nSPS) is 12.1. The minimum Gasteiger partial charge on any atom is -0.398 e. The van der Waals surface area contributed by atoms with Gasteiger partial charge in [0.2, 0.25) is 10.0 Å². The first-order valence-electron chi connectivity index (χ1n) is 4.75. The highest BCUT2D eigenvalue weighted by atomic mass is 32.2. The van der Waals surface area contributed by atoms with E-state index in [0.717, 1.165) is 18.2 Å². The Morgan fingerprint density at radius 1 is 1.47 bits per heavy atom. The lowest BCUT2D eigenvalue weighted by Gasteiger charge is -2.20. The Labute approximate surface area is 100 Å². The number of nitrogens with one attached hydrogen (secondary N) is 1. The summed E-state index contributed by atoms with van der Waals surface area (Å²) < 4.78 is 39.0. The van der Waals surface area contributed by atoms with E-state index in [1.165, 1.54) is 13.8 Å². The van der Waals surface area contributed by atoms with Gasteiger partial charge < -0.3 is 5.73 Å². The van der Waals surface area contributed by atoms with Crippen LogP contribution in [0, 0.1) is 18.2 Å². The summed E-state index contributed by atoms with van der Waals surface area (Å²) in [5.41, 5.74) is 4.25. The molecule has 0 aliphatic heterocycles. The van der Waals surface area contributed by atoms with Crippen LogP contribution >= 0.6 is 0 Å². The lowest BCUT2D eigenvalue weighted by molar-refractivity contribution is 0.539. The number of nitrogen functional groups attached to an aromatic ring is 1. The fourth-order valence-corrected chi connectivity index (χ4v) is 2.64. The van der Waals surface area contributed by atoms with E-state index in [1.54, 1.807) is 0 Å². The predicted molar refractivity (Wildman–Crippen MR) is 64.0 cm³/mol. The summed E-state index contributed by atoms with van der Waals surface area (Å²) in [4.78, 5) is -0.192. The van der Waals surface area contributed by atoms with Crippen molar-refractivity contribution < 1.29 is 12.8 Å². The molecule has 0 amide bonds. The van der Waals surface area contributed by atoms with E-state index in [2.05, 4.69) is 10.6 Å². The number of halogens is 1. The molecule has 0 atom stereocenters. The molecule has 0 radical (unpaired) electrons. The highest BCUT2D eigenvalue weighted by Crippen LogP contribution is 2.20. The Balaban J connectivity index is 3.20. The lowest BCUT2D eigenvalue weighted by atomic mass is 10.1. The molecule has 6 heteroatoms. The van der Waals surface area contributed by atoms with Gasteiger partial charge in [0, 0.05) is 0 Å². The second-order valence-corrected chi connectivity index (χ2v) is 5.71. The van der Waals surface area contributed by atoms with Crippen molar-refractivity contribution in [2.75, 3.05) is 5.73 Å². The summed E-state index contributed by atoms with van der Waals surface area (Å²) in [7, 11) is -3.86. The van der Waals surface area contributed by atoms with Crippen LogP contribution in [-0.4, -0.2) is 14.0 Å².